The van der Waals surface area contributed by atoms with Gasteiger partial charge in [-0.15, -0.1) is 0 Å². The van der Waals surface area contributed by atoms with Crippen molar-refractivity contribution in [1.29, 1.82) is 0 Å². The molecule has 0 saturated carbocycles. The molecule has 2 aromatic rings. The Bertz CT molecular complexity index is 793. The zero-order valence-corrected chi connectivity index (χ0v) is 14.6. The number of halogens is 1. The number of nitrogens with one attached hydrogen (secondary N) is 2. The molecule has 24 heavy (non-hydrogen) atoms. The molecule has 0 aromatic heterocycles. The number of aryl methyl sites for hydroxylation is 1. The average molecular weight is 390 g/mol. The lowest BCUT2D eigenvalue weighted by molar-refractivity contribution is -0.119. The quantitative estimate of drug-likeness (QED) is 0.608. The number of anilines is 1. The maximum Gasteiger partial charge on any atom is 0.259 e. The number of ether oxygens (including phenoxy) is 2. The molecule has 0 spiro atoms. The summed E-state index contributed by atoms with van der Waals surface area (Å²) in [4.78, 5) is 11.8. The van der Waals surface area contributed by atoms with E-state index in [1.165, 1.54) is 0 Å². The summed E-state index contributed by atoms with van der Waals surface area (Å²) in [6, 6.07) is 11.4. The SMILES string of the molecule is Cc1ccccc1NCC(=O)N/N=C/c1cc2c(cc1Br)OCO2. The van der Waals surface area contributed by atoms with E-state index in [2.05, 4.69) is 31.8 Å². The van der Waals surface area contributed by atoms with E-state index in [4.69, 9.17) is 9.47 Å². The van der Waals surface area contributed by atoms with Crippen molar-refractivity contribution < 1.29 is 14.3 Å². The molecular formula is C17H16BrN3O3. The van der Waals surface area contributed by atoms with Crippen molar-refractivity contribution >= 4 is 33.7 Å². The summed E-state index contributed by atoms with van der Waals surface area (Å²) in [6.07, 6.45) is 1.55. The molecule has 0 fully saturated rings. The second-order valence-corrected chi connectivity index (χ2v) is 6.04. The number of carbonyl (C=O) groups is 1. The third-order valence-corrected chi connectivity index (χ3v) is 4.16. The first kappa shape index (κ1) is 16.3. The highest BCUT2D eigenvalue weighted by atomic mass is 79.9. The highest BCUT2D eigenvalue weighted by Gasteiger charge is 2.15. The van der Waals surface area contributed by atoms with E-state index >= 15 is 0 Å². The molecule has 6 nitrogen and oxygen atoms in total. The zero-order valence-electron chi connectivity index (χ0n) is 13.0. The Balaban J connectivity index is 1.55. The molecule has 124 valence electrons. The molecule has 1 aliphatic heterocycles. The summed E-state index contributed by atoms with van der Waals surface area (Å²) < 4.78 is 11.4. The average Bonchev–Trinajstić information content (AvgIpc) is 3.01. The lowest BCUT2D eigenvalue weighted by Gasteiger charge is -2.07. The molecule has 1 amide bonds. The number of hydrazone groups is 1. The van der Waals surface area contributed by atoms with E-state index in [1.807, 2.05) is 37.3 Å². The number of fused-ring (bicyclic) bond motifs is 1. The number of amides is 1. The fraction of sp³-hybridized carbons (Fsp3) is 0.176. The first-order valence-corrected chi connectivity index (χ1v) is 8.13. The van der Waals surface area contributed by atoms with E-state index in [9.17, 15) is 4.79 Å². The van der Waals surface area contributed by atoms with E-state index in [1.54, 1.807) is 12.3 Å². The standard InChI is InChI=1S/C17H16BrN3O3/c1-11-4-2-3-5-14(11)19-9-17(22)21-20-8-12-6-15-16(7-13(12)18)24-10-23-15/h2-8,19H,9-10H2,1H3,(H,21,22)/b20-8+. The highest BCUT2D eigenvalue weighted by molar-refractivity contribution is 9.10. The molecule has 0 radical (unpaired) electrons. The smallest absolute Gasteiger partial charge is 0.259 e. The summed E-state index contributed by atoms with van der Waals surface area (Å²) >= 11 is 3.43. The summed E-state index contributed by atoms with van der Waals surface area (Å²) in [5, 5.41) is 7.05. The molecule has 1 heterocycles. The molecule has 1 aliphatic rings. The Hall–Kier alpha value is -2.54. The molecular weight excluding hydrogens is 374 g/mol. The van der Waals surface area contributed by atoms with Gasteiger partial charge in [0.05, 0.1) is 12.8 Å². The van der Waals surface area contributed by atoms with Crippen molar-refractivity contribution in [3.05, 3.63) is 52.0 Å². The molecule has 0 aliphatic carbocycles. The van der Waals surface area contributed by atoms with Gasteiger partial charge in [0.15, 0.2) is 11.5 Å². The lowest BCUT2D eigenvalue weighted by Crippen LogP contribution is -2.26. The maximum absolute atomic E-state index is 11.8. The van der Waals surface area contributed by atoms with Gasteiger partial charge in [-0.3, -0.25) is 4.79 Å². The van der Waals surface area contributed by atoms with Gasteiger partial charge in [-0.2, -0.15) is 5.10 Å². The minimum atomic E-state index is -0.230. The number of nitrogens with zero attached hydrogens (tertiary/aromatic N) is 1. The van der Waals surface area contributed by atoms with Crippen LogP contribution in [-0.4, -0.2) is 25.5 Å². The lowest BCUT2D eigenvalue weighted by atomic mass is 10.2. The number of hydrogen-bond donors (Lipinski definition) is 2. The maximum atomic E-state index is 11.8. The van der Waals surface area contributed by atoms with Gasteiger partial charge in [0, 0.05) is 15.7 Å². The van der Waals surface area contributed by atoms with Crippen LogP contribution < -0.4 is 20.2 Å². The van der Waals surface area contributed by atoms with Crippen molar-refractivity contribution in [2.45, 2.75) is 6.92 Å². The molecule has 0 atom stereocenters. The molecule has 2 aromatic carbocycles. The summed E-state index contributed by atoms with van der Waals surface area (Å²) in [5.41, 5.74) is 5.28. The summed E-state index contributed by atoms with van der Waals surface area (Å²) in [7, 11) is 0. The van der Waals surface area contributed by atoms with Crippen LogP contribution in [0.4, 0.5) is 5.69 Å². The fourth-order valence-corrected chi connectivity index (χ4v) is 2.62. The second kappa shape index (κ2) is 7.35. The molecule has 2 N–H and O–H groups in total. The third kappa shape index (κ3) is 3.86. The van der Waals surface area contributed by atoms with E-state index in [0.717, 1.165) is 21.3 Å². The summed E-state index contributed by atoms with van der Waals surface area (Å²) in [5.74, 6) is 1.11. The number of carbonyl (C=O) groups excluding carboxylic acids is 1. The topological polar surface area (TPSA) is 72.0 Å². The minimum absolute atomic E-state index is 0.143. The minimum Gasteiger partial charge on any atom is -0.454 e. The van der Waals surface area contributed by atoms with Crippen molar-refractivity contribution in [3.8, 4) is 11.5 Å². The van der Waals surface area contributed by atoms with Crippen LogP contribution in [0.5, 0.6) is 11.5 Å². The number of rotatable bonds is 5. The highest BCUT2D eigenvalue weighted by Crippen LogP contribution is 2.36. The normalized spacial score (nSPS) is 12.4. The van der Waals surface area contributed by atoms with Crippen LogP contribution in [0.15, 0.2) is 46.0 Å². The van der Waals surface area contributed by atoms with Crippen molar-refractivity contribution in [2.75, 3.05) is 18.7 Å². The van der Waals surface area contributed by atoms with Crippen molar-refractivity contribution in [1.82, 2.24) is 5.43 Å². The van der Waals surface area contributed by atoms with Crippen LogP contribution in [0.2, 0.25) is 0 Å². The Morgan fingerprint density at radius 1 is 1.29 bits per heavy atom. The fourth-order valence-electron chi connectivity index (χ4n) is 2.19. The van der Waals surface area contributed by atoms with Crippen LogP contribution in [0.3, 0.4) is 0 Å². The van der Waals surface area contributed by atoms with E-state index in [-0.39, 0.29) is 19.2 Å². The molecule has 0 saturated heterocycles. The van der Waals surface area contributed by atoms with Gasteiger partial charge in [0.1, 0.15) is 0 Å². The van der Waals surface area contributed by atoms with Crippen LogP contribution in [0.25, 0.3) is 0 Å². The van der Waals surface area contributed by atoms with E-state index < -0.39 is 0 Å². The third-order valence-electron chi connectivity index (χ3n) is 3.47. The molecule has 7 heteroatoms. The van der Waals surface area contributed by atoms with Gasteiger partial charge >= 0.3 is 0 Å². The van der Waals surface area contributed by atoms with Crippen LogP contribution >= 0.6 is 15.9 Å². The van der Waals surface area contributed by atoms with Gasteiger partial charge < -0.3 is 14.8 Å². The van der Waals surface area contributed by atoms with Gasteiger partial charge in [-0.25, -0.2) is 5.43 Å². The predicted molar refractivity (Wildman–Crippen MR) is 95.7 cm³/mol. The van der Waals surface area contributed by atoms with E-state index in [0.29, 0.717) is 11.5 Å². The number of hydrogen-bond acceptors (Lipinski definition) is 5. The Morgan fingerprint density at radius 3 is 2.83 bits per heavy atom. The van der Waals surface area contributed by atoms with Gasteiger partial charge in [-0.05, 0) is 46.6 Å². The molecule has 3 rings (SSSR count). The number of para-hydroxylation sites is 1. The number of benzene rings is 2. The first-order valence-electron chi connectivity index (χ1n) is 7.34. The molecule has 0 bridgehead atoms. The Morgan fingerprint density at radius 2 is 2.04 bits per heavy atom. The second-order valence-electron chi connectivity index (χ2n) is 5.19. The van der Waals surface area contributed by atoms with Crippen LogP contribution in [-0.2, 0) is 4.79 Å². The monoisotopic (exact) mass is 389 g/mol. The predicted octanol–water partition coefficient (Wildman–Crippen LogP) is 3.05. The Kier molecular flexibility index (Phi) is 5.00. The van der Waals surface area contributed by atoms with Gasteiger partial charge in [-0.1, -0.05) is 18.2 Å². The van der Waals surface area contributed by atoms with Crippen molar-refractivity contribution in [3.63, 3.8) is 0 Å². The Labute approximate surface area is 148 Å². The van der Waals surface area contributed by atoms with Crippen molar-refractivity contribution in [2.24, 2.45) is 5.10 Å². The zero-order chi connectivity index (χ0) is 16.9. The molecule has 0 unspecified atom stereocenters. The van der Waals surface area contributed by atoms with Crippen LogP contribution in [0.1, 0.15) is 11.1 Å². The summed E-state index contributed by atoms with van der Waals surface area (Å²) in [6.45, 7) is 2.34. The van der Waals surface area contributed by atoms with Gasteiger partial charge in [0.25, 0.3) is 5.91 Å². The largest absolute Gasteiger partial charge is 0.454 e. The van der Waals surface area contributed by atoms with Gasteiger partial charge in [0.2, 0.25) is 6.79 Å². The van der Waals surface area contributed by atoms with Crippen LogP contribution in [0, 0.1) is 6.92 Å². The first-order chi connectivity index (χ1) is 11.6.